The van der Waals surface area contributed by atoms with E-state index in [0.29, 0.717) is 0 Å². The van der Waals surface area contributed by atoms with Gasteiger partial charge in [0.05, 0.1) is 16.1 Å². The van der Waals surface area contributed by atoms with E-state index in [1.54, 1.807) is 0 Å². The maximum atomic E-state index is 3.57. The van der Waals surface area contributed by atoms with E-state index in [2.05, 4.69) is 113 Å². The average molecular weight is 391 g/mol. The minimum Gasteiger partial charge on any atom is -0.127 e. The Morgan fingerprint density at radius 1 is 0.500 bits per heavy atom. The van der Waals surface area contributed by atoms with Crippen molar-refractivity contribution < 1.29 is 0 Å². The molecule has 0 spiro atoms. The van der Waals surface area contributed by atoms with Gasteiger partial charge in [0.2, 0.25) is 0 Å². The van der Waals surface area contributed by atoms with Crippen LogP contribution in [0.4, 0.5) is 0 Å². The summed E-state index contributed by atoms with van der Waals surface area (Å²) in [6.45, 7) is 28.1. The van der Waals surface area contributed by atoms with Crippen LogP contribution in [0.15, 0.2) is 22.5 Å². The normalized spacial score (nSPS) is 14.5. The molecule has 0 N–H and O–H groups in total. The van der Waals surface area contributed by atoms with Crippen LogP contribution < -0.4 is 0 Å². The summed E-state index contributed by atoms with van der Waals surface area (Å²) in [5.41, 5.74) is 14.4. The van der Waals surface area contributed by atoms with Crippen molar-refractivity contribution in [3.63, 3.8) is 0 Å². The third-order valence-electron chi connectivity index (χ3n) is 2.59. The highest BCUT2D eigenvalue weighted by Crippen LogP contribution is 2.18. The van der Waals surface area contributed by atoms with Crippen molar-refractivity contribution >= 4 is 32.3 Å². The van der Waals surface area contributed by atoms with E-state index in [1.165, 1.54) is 11.1 Å². The summed E-state index contributed by atoms with van der Waals surface area (Å²) in [4.78, 5) is 0. The summed E-state index contributed by atoms with van der Waals surface area (Å²) in [5.74, 6) is 7.10. The minimum absolute atomic E-state index is 1.20. The molecule has 0 saturated carbocycles. The predicted octanol–water partition coefficient (Wildman–Crippen LogP) is 6.36. The average Bonchev–Trinajstić information content (AvgIpc) is 2.25. The maximum absolute atomic E-state index is 3.57. The molecule has 0 aromatic heterocycles. The van der Waals surface area contributed by atoms with Gasteiger partial charge in [-0.05, 0) is 0 Å². The first-order valence-electron chi connectivity index (χ1n) is 8.90. The number of hydrogen-bond donors (Lipinski definition) is 0. The molecule has 0 bridgehead atoms. The Kier molecular flexibility index (Phi) is 8.05. The van der Waals surface area contributed by atoms with Gasteiger partial charge in [-0.1, -0.05) is 102 Å². The monoisotopic (exact) mass is 390 g/mol. The SMILES string of the molecule is C[Si](C)(C)C#CC(=C\[Si](C)(C)C)/C(C#C[Si](C)(C)C)=C/[Si](C)(C)C. The summed E-state index contributed by atoms with van der Waals surface area (Å²) in [5, 5.41) is 0. The van der Waals surface area contributed by atoms with Gasteiger partial charge in [0.25, 0.3) is 0 Å². The molecule has 0 unspecified atom stereocenters. The van der Waals surface area contributed by atoms with Gasteiger partial charge in [-0.3, -0.25) is 0 Å². The number of allylic oxidation sites excluding steroid dienone is 2. The third kappa shape index (κ3) is 13.9. The quantitative estimate of drug-likeness (QED) is 0.299. The molecule has 0 rings (SSSR count). The van der Waals surface area contributed by atoms with Crippen LogP contribution >= 0.6 is 0 Å². The zero-order chi connectivity index (χ0) is 19.4. The molecule has 0 nitrogen and oxygen atoms in total. The number of rotatable bonds is 3. The zero-order valence-corrected chi connectivity index (χ0v) is 22.2. The summed E-state index contributed by atoms with van der Waals surface area (Å²) < 4.78 is 0. The Labute approximate surface area is 156 Å². The molecule has 0 fully saturated rings. The van der Waals surface area contributed by atoms with Crippen molar-refractivity contribution in [3.8, 4) is 22.9 Å². The first-order valence-corrected chi connectivity index (χ1v) is 23.1. The molecule has 4 heteroatoms. The third-order valence-corrected chi connectivity index (χ3v) is 6.65. The Hall–Kier alpha value is -0.532. The fraction of sp³-hybridized carbons (Fsp3) is 0.600. The molecule has 0 aliphatic heterocycles. The highest BCUT2D eigenvalue weighted by molar-refractivity contribution is 6.85. The predicted molar refractivity (Wildman–Crippen MR) is 125 cm³/mol. The molecular weight excluding hydrogens is 353 g/mol. The van der Waals surface area contributed by atoms with E-state index in [1.807, 2.05) is 0 Å². The highest BCUT2D eigenvalue weighted by atomic mass is 28.3. The lowest BCUT2D eigenvalue weighted by Gasteiger charge is -2.16. The fourth-order valence-electron chi connectivity index (χ4n) is 1.74. The van der Waals surface area contributed by atoms with Crippen LogP contribution in [-0.4, -0.2) is 32.3 Å². The van der Waals surface area contributed by atoms with E-state index in [9.17, 15) is 0 Å². The van der Waals surface area contributed by atoms with E-state index >= 15 is 0 Å². The van der Waals surface area contributed by atoms with Crippen molar-refractivity contribution in [1.82, 2.24) is 0 Å². The molecule has 0 aliphatic carbocycles. The van der Waals surface area contributed by atoms with Gasteiger partial charge in [-0.15, -0.1) is 11.1 Å². The van der Waals surface area contributed by atoms with Gasteiger partial charge in [-0.25, -0.2) is 0 Å². The van der Waals surface area contributed by atoms with Gasteiger partial charge in [0.1, 0.15) is 16.1 Å². The van der Waals surface area contributed by atoms with Crippen LogP contribution in [0.1, 0.15) is 0 Å². The Bertz CT molecular complexity index is 559. The highest BCUT2D eigenvalue weighted by Gasteiger charge is 2.17. The first-order chi connectivity index (χ1) is 10.4. The summed E-state index contributed by atoms with van der Waals surface area (Å²) in [6.07, 6.45) is 0. The van der Waals surface area contributed by atoms with Crippen molar-refractivity contribution in [1.29, 1.82) is 0 Å². The van der Waals surface area contributed by atoms with Crippen LogP contribution in [0.5, 0.6) is 0 Å². The topological polar surface area (TPSA) is 0 Å². The Morgan fingerprint density at radius 3 is 0.917 bits per heavy atom. The van der Waals surface area contributed by atoms with Crippen molar-refractivity contribution in [3.05, 3.63) is 22.5 Å². The molecule has 0 heterocycles. The summed E-state index contributed by atoms with van der Waals surface area (Å²) in [7, 11) is -5.52. The lowest BCUT2D eigenvalue weighted by molar-refractivity contribution is 1.61. The first kappa shape index (κ1) is 23.5. The summed E-state index contributed by atoms with van der Waals surface area (Å²) >= 11 is 0. The van der Waals surface area contributed by atoms with Crippen molar-refractivity contribution in [2.24, 2.45) is 0 Å². The smallest absolute Gasteiger partial charge is 0.127 e. The van der Waals surface area contributed by atoms with Gasteiger partial charge in [0, 0.05) is 11.1 Å². The van der Waals surface area contributed by atoms with Crippen LogP contribution in [0, 0.1) is 22.9 Å². The van der Waals surface area contributed by atoms with Crippen LogP contribution in [0.25, 0.3) is 0 Å². The van der Waals surface area contributed by atoms with Gasteiger partial charge < -0.3 is 0 Å². The summed E-state index contributed by atoms with van der Waals surface area (Å²) in [6, 6.07) is 0. The fourth-order valence-corrected chi connectivity index (χ4v) is 4.94. The zero-order valence-electron chi connectivity index (χ0n) is 18.2. The molecule has 134 valence electrons. The molecule has 0 aromatic carbocycles. The molecule has 0 aromatic rings. The second kappa shape index (κ2) is 8.23. The second-order valence-corrected chi connectivity index (χ2v) is 30.4. The molecule has 0 saturated heterocycles. The van der Waals surface area contributed by atoms with E-state index in [-0.39, 0.29) is 0 Å². The molecule has 0 amide bonds. The minimum atomic E-state index is -1.40. The van der Waals surface area contributed by atoms with E-state index in [0.717, 1.165) is 0 Å². The molecule has 0 aliphatic rings. The maximum Gasteiger partial charge on any atom is 0.129 e. The second-order valence-electron chi connectivity index (χ2n) is 10.8. The Morgan fingerprint density at radius 2 is 0.750 bits per heavy atom. The number of hydrogen-bond acceptors (Lipinski definition) is 0. The lowest BCUT2D eigenvalue weighted by Crippen LogP contribution is -2.21. The molecule has 24 heavy (non-hydrogen) atoms. The largest absolute Gasteiger partial charge is 0.129 e. The van der Waals surface area contributed by atoms with Gasteiger partial charge in [0.15, 0.2) is 0 Å². The molecular formula is C20H38Si4. The van der Waals surface area contributed by atoms with E-state index in [4.69, 9.17) is 0 Å². The molecule has 0 radical (unpaired) electrons. The van der Waals surface area contributed by atoms with Gasteiger partial charge >= 0.3 is 0 Å². The Balaban J connectivity index is 6.38. The van der Waals surface area contributed by atoms with Crippen LogP contribution in [0.2, 0.25) is 78.6 Å². The van der Waals surface area contributed by atoms with Crippen LogP contribution in [0.3, 0.4) is 0 Å². The van der Waals surface area contributed by atoms with Crippen molar-refractivity contribution in [2.75, 3.05) is 0 Å². The van der Waals surface area contributed by atoms with E-state index < -0.39 is 32.3 Å². The molecule has 0 atom stereocenters. The van der Waals surface area contributed by atoms with Crippen LogP contribution in [-0.2, 0) is 0 Å². The van der Waals surface area contributed by atoms with Gasteiger partial charge in [-0.2, -0.15) is 0 Å². The lowest BCUT2D eigenvalue weighted by atomic mass is 10.1. The van der Waals surface area contributed by atoms with Crippen molar-refractivity contribution in [2.45, 2.75) is 78.6 Å². The standard InChI is InChI=1S/C20H38Si4/c1-21(2,3)15-13-19(17-23(7,8)9)20(18-24(10,11)12)14-16-22(4,5)6/h17-18H,1-12H3/b19-17+,20-18+.